The van der Waals surface area contributed by atoms with E-state index in [4.69, 9.17) is 9.47 Å². The molecule has 3 rings (SSSR count). The van der Waals surface area contributed by atoms with Crippen LogP contribution in [0, 0.1) is 10.1 Å². The lowest BCUT2D eigenvalue weighted by atomic mass is 10.1. The van der Waals surface area contributed by atoms with Crippen molar-refractivity contribution < 1.29 is 27.6 Å². The molecule has 0 fully saturated rings. The van der Waals surface area contributed by atoms with Crippen LogP contribution < -0.4 is 9.46 Å². The molecule has 196 valence electrons. The Bertz CT molecular complexity index is 1300. The lowest BCUT2D eigenvalue weighted by Crippen LogP contribution is -2.43. The van der Waals surface area contributed by atoms with E-state index in [-0.39, 0.29) is 29.2 Å². The molecule has 0 saturated carbocycles. The molecule has 9 nitrogen and oxygen atoms in total. The second-order valence-electron chi connectivity index (χ2n) is 9.39. The average Bonchev–Trinajstić information content (AvgIpc) is 2.84. The van der Waals surface area contributed by atoms with E-state index in [9.17, 15) is 23.3 Å². The zero-order valence-electron chi connectivity index (χ0n) is 20.9. The number of hydrogen-bond donors (Lipinski definition) is 1. The zero-order chi connectivity index (χ0) is 27.1. The molecule has 0 spiro atoms. The van der Waals surface area contributed by atoms with E-state index < -0.39 is 27.0 Å². The van der Waals surface area contributed by atoms with Gasteiger partial charge in [0.05, 0.1) is 16.4 Å². The van der Waals surface area contributed by atoms with Crippen LogP contribution in [0.3, 0.4) is 0 Å². The van der Waals surface area contributed by atoms with E-state index in [1.165, 1.54) is 0 Å². The Labute approximate surface area is 216 Å². The molecule has 0 radical (unpaired) electrons. The summed E-state index contributed by atoms with van der Waals surface area (Å²) >= 11 is 0. The van der Waals surface area contributed by atoms with Gasteiger partial charge in [0.1, 0.15) is 17.4 Å². The maximum absolute atomic E-state index is 13.0. The van der Waals surface area contributed by atoms with Crippen molar-refractivity contribution in [3.05, 3.63) is 100 Å². The number of rotatable bonds is 11. The second-order valence-corrected chi connectivity index (χ2v) is 11.1. The standard InChI is InChI=1S/C27H30N2O7S/c1-27(2,3)36-23-13-9-21(10-14-23)19-25(26(30)35-18-17-20-7-5-4-6-8-20)28-37(33,34)24-15-11-22(12-16-24)29(31)32/h4-16,25,28H,17-19H2,1-3H3/t25-/m0/s1. The Morgan fingerprint density at radius 1 is 0.946 bits per heavy atom. The minimum Gasteiger partial charge on any atom is -0.488 e. The van der Waals surface area contributed by atoms with Crippen molar-refractivity contribution in [3.8, 4) is 5.75 Å². The highest BCUT2D eigenvalue weighted by Gasteiger charge is 2.28. The van der Waals surface area contributed by atoms with Crippen molar-refractivity contribution in [3.63, 3.8) is 0 Å². The van der Waals surface area contributed by atoms with Crippen LogP contribution in [-0.4, -0.2) is 37.6 Å². The highest BCUT2D eigenvalue weighted by molar-refractivity contribution is 7.89. The lowest BCUT2D eigenvalue weighted by molar-refractivity contribution is -0.384. The highest BCUT2D eigenvalue weighted by Crippen LogP contribution is 2.20. The quantitative estimate of drug-likeness (QED) is 0.222. The molecule has 1 N–H and O–H groups in total. The Balaban J connectivity index is 1.77. The first kappa shape index (κ1) is 27.8. The summed E-state index contributed by atoms with van der Waals surface area (Å²) in [7, 11) is -4.17. The van der Waals surface area contributed by atoms with E-state index in [1.807, 2.05) is 51.1 Å². The Morgan fingerprint density at radius 2 is 1.57 bits per heavy atom. The molecule has 10 heteroatoms. The molecular weight excluding hydrogens is 496 g/mol. The van der Waals surface area contributed by atoms with Gasteiger partial charge >= 0.3 is 5.97 Å². The number of nitro benzene ring substituents is 1. The molecule has 1 atom stereocenters. The molecule has 0 heterocycles. The number of carbonyl (C=O) groups excluding carboxylic acids is 1. The van der Waals surface area contributed by atoms with Crippen LogP contribution in [0.5, 0.6) is 5.75 Å². The smallest absolute Gasteiger partial charge is 0.324 e. The van der Waals surface area contributed by atoms with Crippen LogP contribution in [0.1, 0.15) is 31.9 Å². The topological polar surface area (TPSA) is 125 Å². The predicted octanol–water partition coefficient (Wildman–Crippen LogP) is 4.45. The number of nitro groups is 1. The summed E-state index contributed by atoms with van der Waals surface area (Å²) in [6, 6.07) is 19.7. The molecule has 0 aliphatic rings. The molecule has 0 saturated heterocycles. The molecular formula is C27H30N2O7S. The van der Waals surface area contributed by atoms with Crippen molar-refractivity contribution in [2.45, 2.75) is 50.2 Å². The summed E-state index contributed by atoms with van der Waals surface area (Å²) in [4.78, 5) is 23.1. The van der Waals surface area contributed by atoms with Gasteiger partial charge in [-0.1, -0.05) is 42.5 Å². The molecule has 0 unspecified atom stereocenters. The summed E-state index contributed by atoms with van der Waals surface area (Å²) in [5.41, 5.74) is 1.05. The van der Waals surface area contributed by atoms with Gasteiger partial charge < -0.3 is 9.47 Å². The number of sulfonamides is 1. The van der Waals surface area contributed by atoms with E-state index in [2.05, 4.69) is 4.72 Å². The first-order chi connectivity index (χ1) is 17.4. The van der Waals surface area contributed by atoms with E-state index in [0.29, 0.717) is 17.7 Å². The molecule has 0 aliphatic heterocycles. The monoisotopic (exact) mass is 526 g/mol. The third-order valence-electron chi connectivity index (χ3n) is 5.20. The van der Waals surface area contributed by atoms with Crippen molar-refractivity contribution >= 4 is 21.7 Å². The number of benzene rings is 3. The van der Waals surface area contributed by atoms with Gasteiger partial charge in [0.15, 0.2) is 0 Å². The summed E-state index contributed by atoms with van der Waals surface area (Å²) < 4.78 is 39.7. The summed E-state index contributed by atoms with van der Waals surface area (Å²) in [6.45, 7) is 5.86. The van der Waals surface area contributed by atoms with Gasteiger partial charge in [0.25, 0.3) is 5.69 Å². The number of non-ortho nitro benzene ring substituents is 1. The first-order valence-electron chi connectivity index (χ1n) is 11.7. The summed E-state index contributed by atoms with van der Waals surface area (Å²) in [5.74, 6) is -0.0823. The van der Waals surface area contributed by atoms with Crippen LogP contribution in [-0.2, 0) is 32.4 Å². The number of carbonyl (C=O) groups is 1. The minimum atomic E-state index is -4.17. The van der Waals surface area contributed by atoms with Gasteiger partial charge in [-0.2, -0.15) is 4.72 Å². The van der Waals surface area contributed by atoms with Gasteiger partial charge in [0.2, 0.25) is 10.0 Å². The van der Waals surface area contributed by atoms with Crippen LogP contribution in [0.4, 0.5) is 5.69 Å². The average molecular weight is 527 g/mol. The zero-order valence-corrected chi connectivity index (χ0v) is 21.7. The van der Waals surface area contributed by atoms with Gasteiger partial charge in [-0.3, -0.25) is 14.9 Å². The molecule has 0 amide bonds. The molecule has 0 bridgehead atoms. The fraction of sp³-hybridized carbons (Fsp3) is 0.296. The predicted molar refractivity (Wildman–Crippen MR) is 139 cm³/mol. The maximum Gasteiger partial charge on any atom is 0.324 e. The number of nitrogens with one attached hydrogen (secondary N) is 1. The molecule has 0 aliphatic carbocycles. The Hall–Kier alpha value is -3.76. The van der Waals surface area contributed by atoms with Crippen molar-refractivity contribution in [2.75, 3.05) is 6.61 Å². The minimum absolute atomic E-state index is 0.0339. The Kier molecular flexibility index (Phi) is 9.01. The highest BCUT2D eigenvalue weighted by atomic mass is 32.2. The normalized spacial score (nSPS) is 12.5. The Morgan fingerprint density at radius 3 is 2.14 bits per heavy atom. The molecule has 3 aromatic carbocycles. The van der Waals surface area contributed by atoms with Crippen LogP contribution in [0.2, 0.25) is 0 Å². The van der Waals surface area contributed by atoms with Crippen LogP contribution in [0.25, 0.3) is 0 Å². The summed E-state index contributed by atoms with van der Waals surface area (Å²) in [6.07, 6.45) is 0.513. The SMILES string of the molecule is CC(C)(C)Oc1ccc(C[C@H](NS(=O)(=O)c2ccc([N+](=O)[O-])cc2)C(=O)OCCc2ccccc2)cc1. The van der Waals surface area contributed by atoms with Crippen molar-refractivity contribution in [1.82, 2.24) is 4.72 Å². The van der Waals surface area contributed by atoms with E-state index >= 15 is 0 Å². The van der Waals surface area contributed by atoms with Crippen molar-refractivity contribution in [2.24, 2.45) is 0 Å². The second kappa shape index (κ2) is 12.0. The summed E-state index contributed by atoms with van der Waals surface area (Å²) in [5, 5.41) is 10.9. The lowest BCUT2D eigenvalue weighted by Gasteiger charge is -2.22. The van der Waals surface area contributed by atoms with Gasteiger partial charge in [0, 0.05) is 18.6 Å². The number of hydrogen-bond acceptors (Lipinski definition) is 7. The van der Waals surface area contributed by atoms with Crippen molar-refractivity contribution in [1.29, 1.82) is 0 Å². The third kappa shape index (κ3) is 8.69. The number of esters is 1. The van der Waals surface area contributed by atoms with E-state index in [0.717, 1.165) is 29.8 Å². The van der Waals surface area contributed by atoms with Gasteiger partial charge in [-0.15, -0.1) is 0 Å². The molecule has 37 heavy (non-hydrogen) atoms. The largest absolute Gasteiger partial charge is 0.488 e. The fourth-order valence-electron chi connectivity index (χ4n) is 3.47. The number of nitrogens with zero attached hydrogens (tertiary/aromatic N) is 1. The first-order valence-corrected chi connectivity index (χ1v) is 13.2. The molecule has 3 aromatic rings. The van der Waals surface area contributed by atoms with Gasteiger partial charge in [-0.05, 0) is 62.6 Å². The van der Waals surface area contributed by atoms with Gasteiger partial charge in [-0.25, -0.2) is 8.42 Å². The molecule has 0 aromatic heterocycles. The number of ether oxygens (including phenoxy) is 2. The van der Waals surface area contributed by atoms with Crippen LogP contribution >= 0.6 is 0 Å². The van der Waals surface area contributed by atoms with Crippen LogP contribution in [0.15, 0.2) is 83.8 Å². The van der Waals surface area contributed by atoms with E-state index in [1.54, 1.807) is 24.3 Å². The fourth-order valence-corrected chi connectivity index (χ4v) is 4.66. The maximum atomic E-state index is 13.0. The third-order valence-corrected chi connectivity index (χ3v) is 6.69.